The molecule has 1 aromatic heterocycles. The minimum atomic E-state index is -0.0569. The molecule has 0 saturated heterocycles. The minimum absolute atomic E-state index is 0.0569. The van der Waals surface area contributed by atoms with E-state index in [4.69, 9.17) is 4.74 Å². The van der Waals surface area contributed by atoms with Crippen LogP contribution in [0.25, 0.3) is 0 Å². The third-order valence-electron chi connectivity index (χ3n) is 4.98. The lowest BCUT2D eigenvalue weighted by molar-refractivity contribution is -0.885. The molecule has 6 heteroatoms. The Kier molecular flexibility index (Phi) is 6.15. The number of hydrogen-bond donors (Lipinski definition) is 2. The molecule has 2 N–H and O–H groups in total. The molecule has 2 atom stereocenters. The van der Waals surface area contributed by atoms with Crippen molar-refractivity contribution in [3.05, 3.63) is 45.8 Å². The zero-order valence-corrected chi connectivity index (χ0v) is 16.9. The topological polar surface area (TPSA) is 66.6 Å². The molecule has 0 aliphatic heterocycles. The Morgan fingerprint density at radius 2 is 2.30 bits per heavy atom. The van der Waals surface area contributed by atoms with Gasteiger partial charge in [0.1, 0.15) is 23.4 Å². The Bertz CT molecular complexity index is 869. The number of carbonyl (C=O) groups is 1. The molecule has 2 aromatic rings. The van der Waals surface area contributed by atoms with E-state index in [1.165, 1.54) is 4.88 Å². The number of benzene rings is 1. The number of methoxy groups -OCH3 is 1. The lowest BCUT2D eigenvalue weighted by Crippen LogP contribution is -3.08. The second-order valence-electron chi connectivity index (χ2n) is 7.38. The van der Waals surface area contributed by atoms with Crippen LogP contribution in [0.4, 0.5) is 5.00 Å². The summed E-state index contributed by atoms with van der Waals surface area (Å²) >= 11 is 1.57. The molecule has 142 valence electrons. The van der Waals surface area contributed by atoms with Crippen LogP contribution in [0.1, 0.15) is 34.9 Å². The first-order valence-electron chi connectivity index (χ1n) is 9.28. The summed E-state index contributed by atoms with van der Waals surface area (Å²) in [6.07, 6.45) is 3.05. The summed E-state index contributed by atoms with van der Waals surface area (Å²) in [6, 6.07) is 10.2. The van der Waals surface area contributed by atoms with E-state index in [1.54, 1.807) is 18.4 Å². The largest absolute Gasteiger partial charge is 0.497 e. The first-order chi connectivity index (χ1) is 13.0. The molecule has 1 unspecified atom stereocenters. The van der Waals surface area contributed by atoms with Crippen molar-refractivity contribution in [3.63, 3.8) is 0 Å². The number of quaternary nitrogens is 1. The molecule has 1 aromatic carbocycles. The first kappa shape index (κ1) is 19.4. The van der Waals surface area contributed by atoms with Gasteiger partial charge in [-0.25, -0.2) is 0 Å². The van der Waals surface area contributed by atoms with Crippen LogP contribution < -0.4 is 15.0 Å². The summed E-state index contributed by atoms with van der Waals surface area (Å²) in [7, 11) is 3.64. The highest BCUT2D eigenvalue weighted by molar-refractivity contribution is 7.16. The molecule has 1 heterocycles. The number of carbonyl (C=O) groups excluding carboxylic acids is 1. The van der Waals surface area contributed by atoms with Crippen molar-refractivity contribution in [2.24, 2.45) is 5.92 Å². The summed E-state index contributed by atoms with van der Waals surface area (Å²) in [5.74, 6) is 1.41. The van der Waals surface area contributed by atoms with Gasteiger partial charge in [-0.15, -0.1) is 11.3 Å². The van der Waals surface area contributed by atoms with E-state index in [0.717, 1.165) is 52.6 Å². The summed E-state index contributed by atoms with van der Waals surface area (Å²) < 4.78 is 5.25. The van der Waals surface area contributed by atoms with Crippen molar-refractivity contribution in [1.82, 2.24) is 0 Å². The number of thiophene rings is 1. The number of nitrogens with one attached hydrogen (secondary N) is 2. The smallest absolute Gasteiger partial charge is 0.280 e. The van der Waals surface area contributed by atoms with Crippen LogP contribution in [-0.4, -0.2) is 26.6 Å². The van der Waals surface area contributed by atoms with E-state index in [1.807, 2.05) is 31.3 Å². The number of rotatable bonds is 6. The third kappa shape index (κ3) is 4.68. The summed E-state index contributed by atoms with van der Waals surface area (Å²) in [6.45, 7) is 3.32. The van der Waals surface area contributed by atoms with Gasteiger partial charge in [0, 0.05) is 10.4 Å². The molecule has 1 aliphatic rings. The van der Waals surface area contributed by atoms with Crippen molar-refractivity contribution >= 4 is 22.2 Å². The van der Waals surface area contributed by atoms with Gasteiger partial charge >= 0.3 is 0 Å². The Morgan fingerprint density at radius 1 is 1.48 bits per heavy atom. The molecular formula is C21H26N3O2S+. The van der Waals surface area contributed by atoms with Crippen LogP contribution in [0.2, 0.25) is 0 Å². The Labute approximate surface area is 164 Å². The zero-order valence-electron chi connectivity index (χ0n) is 16.1. The maximum Gasteiger partial charge on any atom is 0.280 e. The van der Waals surface area contributed by atoms with Gasteiger partial charge in [0.25, 0.3) is 5.91 Å². The van der Waals surface area contributed by atoms with Crippen molar-refractivity contribution in [2.45, 2.75) is 32.7 Å². The van der Waals surface area contributed by atoms with E-state index >= 15 is 0 Å². The van der Waals surface area contributed by atoms with Crippen LogP contribution in [0.5, 0.6) is 5.75 Å². The number of hydrogen-bond acceptors (Lipinski definition) is 4. The highest BCUT2D eigenvalue weighted by atomic mass is 32.1. The number of likely N-dealkylation sites (N-methyl/N-ethyl adjacent to an activating group) is 1. The predicted octanol–water partition coefficient (Wildman–Crippen LogP) is 2.41. The molecule has 3 rings (SSSR count). The molecule has 0 bridgehead atoms. The predicted molar refractivity (Wildman–Crippen MR) is 107 cm³/mol. The minimum Gasteiger partial charge on any atom is -0.497 e. The van der Waals surface area contributed by atoms with Crippen molar-refractivity contribution < 1.29 is 14.4 Å². The number of fused-ring (bicyclic) bond motifs is 1. The van der Waals surface area contributed by atoms with Gasteiger partial charge in [-0.3, -0.25) is 4.79 Å². The SMILES string of the molecule is COc1cccc(C[NH+](C)CC(=O)Nc2sc3c(c2C#N)CC[C@@H](C)C3)c1. The van der Waals surface area contributed by atoms with E-state index in [-0.39, 0.29) is 5.91 Å². The maximum atomic E-state index is 12.5. The quantitative estimate of drug-likeness (QED) is 0.804. The van der Waals surface area contributed by atoms with Crippen LogP contribution in [0, 0.1) is 17.2 Å². The normalized spacial score (nSPS) is 16.9. The van der Waals surface area contributed by atoms with Gasteiger partial charge < -0.3 is 15.0 Å². The van der Waals surface area contributed by atoms with E-state index in [2.05, 4.69) is 18.3 Å². The number of nitriles is 1. The monoisotopic (exact) mass is 384 g/mol. The number of ether oxygens (including phenoxy) is 1. The van der Waals surface area contributed by atoms with Gasteiger partial charge in [0.2, 0.25) is 0 Å². The molecular weight excluding hydrogens is 358 g/mol. The van der Waals surface area contributed by atoms with E-state index in [9.17, 15) is 10.1 Å². The van der Waals surface area contributed by atoms with E-state index < -0.39 is 0 Å². The third-order valence-corrected chi connectivity index (χ3v) is 6.15. The van der Waals surface area contributed by atoms with Gasteiger partial charge in [-0.1, -0.05) is 19.1 Å². The lowest BCUT2D eigenvalue weighted by Gasteiger charge is -2.17. The van der Waals surface area contributed by atoms with Gasteiger partial charge in [0.15, 0.2) is 6.54 Å². The number of amides is 1. The molecule has 0 radical (unpaired) electrons. The molecule has 27 heavy (non-hydrogen) atoms. The first-order valence-corrected chi connectivity index (χ1v) is 10.1. The highest BCUT2D eigenvalue weighted by Gasteiger charge is 2.25. The summed E-state index contributed by atoms with van der Waals surface area (Å²) in [5.41, 5.74) is 2.94. The standard InChI is InChI=1S/C21H25N3O2S/c1-14-7-8-17-18(11-22)21(27-19(17)9-14)23-20(25)13-24(2)12-15-5-4-6-16(10-15)26-3/h4-6,10,14H,7-9,12-13H2,1-3H3,(H,23,25)/p+1/t14-/m1/s1. The molecule has 1 aliphatic carbocycles. The molecule has 1 amide bonds. The number of nitrogens with zero attached hydrogens (tertiary/aromatic N) is 1. The Morgan fingerprint density at radius 3 is 3.04 bits per heavy atom. The van der Waals surface area contributed by atoms with Crippen LogP contribution in [0.3, 0.4) is 0 Å². The fourth-order valence-electron chi connectivity index (χ4n) is 3.60. The van der Waals surface area contributed by atoms with Crippen molar-refractivity contribution in [3.8, 4) is 11.8 Å². The Balaban J connectivity index is 1.63. The maximum absolute atomic E-state index is 12.5. The highest BCUT2D eigenvalue weighted by Crippen LogP contribution is 2.39. The summed E-state index contributed by atoms with van der Waals surface area (Å²) in [4.78, 5) is 14.9. The zero-order chi connectivity index (χ0) is 19.4. The van der Waals surface area contributed by atoms with Gasteiger partial charge in [-0.05, 0) is 42.9 Å². The van der Waals surface area contributed by atoms with Crippen LogP contribution in [-0.2, 0) is 24.2 Å². The average molecular weight is 385 g/mol. The fraction of sp³-hybridized carbons (Fsp3) is 0.429. The number of anilines is 1. The van der Waals surface area contributed by atoms with Crippen LogP contribution in [0.15, 0.2) is 24.3 Å². The second kappa shape index (κ2) is 8.55. The molecule has 0 fully saturated rings. The molecule has 0 spiro atoms. The lowest BCUT2D eigenvalue weighted by atomic mass is 9.89. The van der Waals surface area contributed by atoms with Crippen molar-refractivity contribution in [2.75, 3.05) is 26.0 Å². The fourth-order valence-corrected chi connectivity index (χ4v) is 4.97. The molecule has 5 nitrogen and oxygen atoms in total. The van der Waals surface area contributed by atoms with E-state index in [0.29, 0.717) is 18.0 Å². The molecule has 0 saturated carbocycles. The van der Waals surface area contributed by atoms with Crippen molar-refractivity contribution in [1.29, 1.82) is 5.26 Å². The average Bonchev–Trinajstić information content (AvgIpc) is 2.97. The summed E-state index contributed by atoms with van der Waals surface area (Å²) in [5, 5.41) is 13.3. The van der Waals surface area contributed by atoms with Gasteiger partial charge in [-0.2, -0.15) is 5.26 Å². The Hall–Kier alpha value is -2.36. The van der Waals surface area contributed by atoms with Crippen LogP contribution >= 0.6 is 11.3 Å². The second-order valence-corrected chi connectivity index (χ2v) is 8.48. The van der Waals surface area contributed by atoms with Gasteiger partial charge in [0.05, 0.1) is 19.7 Å².